The molecule has 0 aliphatic carbocycles. The lowest BCUT2D eigenvalue weighted by molar-refractivity contribution is -0.000753. The first-order valence-electron chi connectivity index (χ1n) is 5.34. The lowest BCUT2D eigenvalue weighted by Crippen LogP contribution is -2.27. The Kier molecular flexibility index (Phi) is 7.55. The fraction of sp³-hybridized carbons (Fsp3) is 0.833. The molecule has 0 spiro atoms. The summed E-state index contributed by atoms with van der Waals surface area (Å²) in [4.78, 5) is 0. The maximum atomic E-state index is 5.56. The molecule has 0 aliphatic heterocycles. The van der Waals surface area contributed by atoms with Gasteiger partial charge in [0, 0.05) is 13.0 Å². The van der Waals surface area contributed by atoms with E-state index >= 15 is 0 Å². The predicted octanol–water partition coefficient (Wildman–Crippen LogP) is 2.19. The highest BCUT2D eigenvalue weighted by Crippen LogP contribution is 2.04. The second-order valence-corrected chi connectivity index (χ2v) is 4.37. The summed E-state index contributed by atoms with van der Waals surface area (Å²) in [5.41, 5.74) is -0.0227. The van der Waals surface area contributed by atoms with Crippen LogP contribution in [0.1, 0.15) is 40.0 Å². The normalized spacial score (nSPS) is 11.3. The SMILES string of the molecule is C#CCCCCNCCOC(C)(C)C. The topological polar surface area (TPSA) is 21.3 Å². The Labute approximate surface area is 88.4 Å². The van der Waals surface area contributed by atoms with Crippen LogP contribution in [0.15, 0.2) is 0 Å². The standard InChI is InChI=1S/C12H23NO/c1-5-6-7-8-9-13-10-11-14-12(2,3)4/h1,13H,6-11H2,2-4H3. The van der Waals surface area contributed by atoms with Crippen LogP contribution in [0.3, 0.4) is 0 Å². The van der Waals surface area contributed by atoms with Gasteiger partial charge in [0.15, 0.2) is 0 Å². The highest BCUT2D eigenvalue weighted by atomic mass is 16.5. The predicted molar refractivity (Wildman–Crippen MR) is 61.3 cm³/mol. The van der Waals surface area contributed by atoms with Gasteiger partial charge in [0.05, 0.1) is 12.2 Å². The van der Waals surface area contributed by atoms with Gasteiger partial charge in [-0.25, -0.2) is 0 Å². The van der Waals surface area contributed by atoms with Gasteiger partial charge in [0.2, 0.25) is 0 Å². The molecule has 0 aliphatic rings. The number of nitrogens with one attached hydrogen (secondary N) is 1. The van der Waals surface area contributed by atoms with Crippen LogP contribution in [0.5, 0.6) is 0 Å². The first-order chi connectivity index (χ1) is 6.56. The van der Waals surface area contributed by atoms with Crippen molar-refractivity contribution in [1.29, 1.82) is 0 Å². The van der Waals surface area contributed by atoms with E-state index in [1.807, 2.05) is 0 Å². The van der Waals surface area contributed by atoms with Gasteiger partial charge in [-0.3, -0.25) is 0 Å². The van der Waals surface area contributed by atoms with Crippen LogP contribution in [-0.4, -0.2) is 25.3 Å². The highest BCUT2D eigenvalue weighted by Gasteiger charge is 2.08. The van der Waals surface area contributed by atoms with E-state index in [1.54, 1.807) is 0 Å². The minimum atomic E-state index is -0.0227. The van der Waals surface area contributed by atoms with Gasteiger partial charge in [-0.05, 0) is 40.2 Å². The number of terminal acetylenes is 1. The van der Waals surface area contributed by atoms with Crippen LogP contribution in [-0.2, 0) is 4.74 Å². The molecule has 2 heteroatoms. The van der Waals surface area contributed by atoms with E-state index in [2.05, 4.69) is 32.0 Å². The van der Waals surface area contributed by atoms with Crippen LogP contribution in [0.25, 0.3) is 0 Å². The largest absolute Gasteiger partial charge is 0.375 e. The van der Waals surface area contributed by atoms with Gasteiger partial charge in [-0.2, -0.15) is 0 Å². The summed E-state index contributed by atoms with van der Waals surface area (Å²) in [6.45, 7) is 8.95. The van der Waals surface area contributed by atoms with Crippen LogP contribution in [0.4, 0.5) is 0 Å². The third-order valence-electron chi connectivity index (χ3n) is 1.74. The van der Waals surface area contributed by atoms with Crippen molar-refractivity contribution in [3.05, 3.63) is 0 Å². The smallest absolute Gasteiger partial charge is 0.0599 e. The molecule has 0 rings (SSSR count). The third kappa shape index (κ3) is 11.5. The van der Waals surface area contributed by atoms with E-state index in [0.29, 0.717) is 0 Å². The fourth-order valence-electron chi connectivity index (χ4n) is 1.03. The number of hydrogen-bond donors (Lipinski definition) is 1. The van der Waals surface area contributed by atoms with Gasteiger partial charge >= 0.3 is 0 Å². The number of hydrogen-bond acceptors (Lipinski definition) is 2. The molecular weight excluding hydrogens is 174 g/mol. The van der Waals surface area contributed by atoms with Crippen molar-refractivity contribution >= 4 is 0 Å². The summed E-state index contributed by atoms with van der Waals surface area (Å²) in [6, 6.07) is 0. The molecule has 82 valence electrons. The van der Waals surface area contributed by atoms with Crippen molar-refractivity contribution in [2.24, 2.45) is 0 Å². The summed E-state index contributed by atoms with van der Waals surface area (Å²) >= 11 is 0. The molecule has 0 radical (unpaired) electrons. The van der Waals surface area contributed by atoms with Gasteiger partial charge in [0.25, 0.3) is 0 Å². The fourth-order valence-corrected chi connectivity index (χ4v) is 1.03. The quantitative estimate of drug-likeness (QED) is 0.499. The molecule has 0 fully saturated rings. The van der Waals surface area contributed by atoms with E-state index < -0.39 is 0 Å². The van der Waals surface area contributed by atoms with E-state index in [-0.39, 0.29) is 5.60 Å². The molecule has 0 heterocycles. The first-order valence-corrected chi connectivity index (χ1v) is 5.34. The summed E-state index contributed by atoms with van der Waals surface area (Å²) in [5, 5.41) is 3.32. The zero-order valence-corrected chi connectivity index (χ0v) is 9.73. The Morgan fingerprint density at radius 2 is 1.93 bits per heavy atom. The zero-order valence-electron chi connectivity index (χ0n) is 9.73. The minimum Gasteiger partial charge on any atom is -0.375 e. The molecule has 0 atom stereocenters. The summed E-state index contributed by atoms with van der Waals surface area (Å²) in [7, 11) is 0. The van der Waals surface area contributed by atoms with Crippen molar-refractivity contribution in [2.75, 3.05) is 19.7 Å². The van der Waals surface area contributed by atoms with Crippen molar-refractivity contribution in [3.63, 3.8) is 0 Å². The molecule has 0 saturated heterocycles. The van der Waals surface area contributed by atoms with Crippen LogP contribution in [0.2, 0.25) is 0 Å². The number of rotatable bonds is 7. The lowest BCUT2D eigenvalue weighted by Gasteiger charge is -2.19. The van der Waals surface area contributed by atoms with Crippen molar-refractivity contribution in [2.45, 2.75) is 45.6 Å². The van der Waals surface area contributed by atoms with E-state index in [0.717, 1.165) is 39.0 Å². The van der Waals surface area contributed by atoms with Gasteiger partial charge < -0.3 is 10.1 Å². The Morgan fingerprint density at radius 1 is 1.21 bits per heavy atom. The van der Waals surface area contributed by atoms with E-state index in [4.69, 9.17) is 11.2 Å². The molecule has 2 nitrogen and oxygen atoms in total. The maximum absolute atomic E-state index is 5.56. The van der Waals surface area contributed by atoms with Gasteiger partial charge in [0.1, 0.15) is 0 Å². The Hall–Kier alpha value is -0.520. The van der Waals surface area contributed by atoms with Crippen LogP contribution in [0, 0.1) is 12.3 Å². The summed E-state index contributed by atoms with van der Waals surface area (Å²) < 4.78 is 5.56. The number of ether oxygens (including phenoxy) is 1. The van der Waals surface area contributed by atoms with Crippen molar-refractivity contribution in [3.8, 4) is 12.3 Å². The third-order valence-corrected chi connectivity index (χ3v) is 1.74. The van der Waals surface area contributed by atoms with Crippen molar-refractivity contribution in [1.82, 2.24) is 5.32 Å². The molecule has 0 aromatic carbocycles. The minimum absolute atomic E-state index is 0.0227. The Balaban J connectivity index is 3.04. The molecule has 0 aromatic heterocycles. The highest BCUT2D eigenvalue weighted by molar-refractivity contribution is 4.82. The average Bonchev–Trinajstić information content (AvgIpc) is 2.08. The maximum Gasteiger partial charge on any atom is 0.0599 e. The van der Waals surface area contributed by atoms with E-state index in [9.17, 15) is 0 Å². The second kappa shape index (κ2) is 7.84. The molecule has 0 unspecified atom stereocenters. The molecule has 14 heavy (non-hydrogen) atoms. The molecule has 0 bridgehead atoms. The Morgan fingerprint density at radius 3 is 2.50 bits per heavy atom. The molecule has 1 N–H and O–H groups in total. The molecular formula is C12H23NO. The summed E-state index contributed by atoms with van der Waals surface area (Å²) in [6.07, 6.45) is 8.30. The van der Waals surface area contributed by atoms with Gasteiger partial charge in [-0.1, -0.05) is 0 Å². The molecule has 0 amide bonds. The molecule has 0 saturated carbocycles. The zero-order chi connectivity index (χ0) is 10.9. The lowest BCUT2D eigenvalue weighted by atomic mass is 10.2. The second-order valence-electron chi connectivity index (χ2n) is 4.37. The summed E-state index contributed by atoms with van der Waals surface area (Å²) in [5.74, 6) is 2.64. The van der Waals surface area contributed by atoms with Crippen molar-refractivity contribution < 1.29 is 4.74 Å². The van der Waals surface area contributed by atoms with Crippen LogP contribution < -0.4 is 5.32 Å². The molecule has 0 aromatic rings. The number of unbranched alkanes of at least 4 members (excludes halogenated alkanes) is 2. The van der Waals surface area contributed by atoms with Crippen LogP contribution >= 0.6 is 0 Å². The Bertz CT molecular complexity index is 164. The first kappa shape index (κ1) is 13.5. The monoisotopic (exact) mass is 197 g/mol. The van der Waals surface area contributed by atoms with Gasteiger partial charge in [-0.15, -0.1) is 12.3 Å². The van der Waals surface area contributed by atoms with E-state index in [1.165, 1.54) is 0 Å². The average molecular weight is 197 g/mol.